The van der Waals surface area contributed by atoms with Crippen molar-refractivity contribution in [3.8, 4) is 5.75 Å². The minimum Gasteiger partial charge on any atom is -0.496 e. The van der Waals surface area contributed by atoms with Crippen LogP contribution in [0.15, 0.2) is 35.4 Å². The lowest BCUT2D eigenvalue weighted by Gasteiger charge is -2.16. The monoisotopic (exact) mass is 320 g/mol. The molecule has 2 rings (SSSR count). The van der Waals surface area contributed by atoms with Crippen LogP contribution in [0.3, 0.4) is 0 Å². The van der Waals surface area contributed by atoms with Gasteiger partial charge in [-0.25, -0.2) is 13.1 Å². The minimum absolute atomic E-state index is 0.159. The summed E-state index contributed by atoms with van der Waals surface area (Å²) in [4.78, 5) is 4.39. The van der Waals surface area contributed by atoms with E-state index in [1.165, 1.54) is 0 Å². The van der Waals surface area contributed by atoms with Crippen LogP contribution < -0.4 is 9.46 Å². The topological polar surface area (TPSA) is 68.3 Å². The summed E-state index contributed by atoms with van der Waals surface area (Å²) in [6, 6.07) is 7.03. The lowest BCUT2D eigenvalue weighted by atomic mass is 10.1. The van der Waals surface area contributed by atoms with Crippen molar-refractivity contribution < 1.29 is 13.2 Å². The maximum Gasteiger partial charge on any atom is 0.241 e. The van der Waals surface area contributed by atoms with E-state index >= 15 is 0 Å². The number of rotatable bonds is 5. The van der Waals surface area contributed by atoms with Crippen molar-refractivity contribution in [2.75, 3.05) is 7.11 Å². The molecule has 0 saturated carbocycles. The van der Waals surface area contributed by atoms with Crippen molar-refractivity contribution in [1.82, 2.24) is 9.71 Å². The Labute approximate surface area is 131 Å². The van der Waals surface area contributed by atoms with Crippen LogP contribution in [0.1, 0.15) is 22.4 Å². The van der Waals surface area contributed by atoms with Gasteiger partial charge in [-0.2, -0.15) is 0 Å². The summed E-state index contributed by atoms with van der Waals surface area (Å²) < 4.78 is 33.0. The van der Waals surface area contributed by atoms with E-state index in [2.05, 4.69) is 9.71 Å². The maximum atomic E-state index is 12.6. The van der Waals surface area contributed by atoms with E-state index in [-0.39, 0.29) is 11.4 Å². The molecule has 0 saturated heterocycles. The Kier molecular flexibility index (Phi) is 4.83. The van der Waals surface area contributed by atoms with Crippen LogP contribution in [0, 0.1) is 20.8 Å². The van der Waals surface area contributed by atoms with Gasteiger partial charge in [0.25, 0.3) is 0 Å². The zero-order valence-electron chi connectivity index (χ0n) is 13.2. The highest BCUT2D eigenvalue weighted by Gasteiger charge is 2.21. The van der Waals surface area contributed by atoms with Gasteiger partial charge in [0, 0.05) is 6.20 Å². The first-order chi connectivity index (χ1) is 10.4. The number of nitrogens with one attached hydrogen (secondary N) is 1. The molecule has 6 heteroatoms. The number of pyridine rings is 1. The SMILES string of the molecule is COc1c(C)cc(S(=O)(=O)NCc2ccccn2)c(C)c1C. The molecule has 118 valence electrons. The van der Waals surface area contributed by atoms with Crippen LogP contribution in [-0.2, 0) is 16.6 Å². The fraction of sp³-hybridized carbons (Fsp3) is 0.312. The Morgan fingerprint density at radius 2 is 1.91 bits per heavy atom. The lowest BCUT2D eigenvalue weighted by Crippen LogP contribution is -2.25. The van der Waals surface area contributed by atoms with E-state index in [1.807, 2.05) is 19.9 Å². The molecule has 2 aromatic rings. The molecule has 0 atom stereocenters. The molecule has 0 amide bonds. The summed E-state index contributed by atoms with van der Waals surface area (Å²) in [5, 5.41) is 0. The average Bonchev–Trinajstić information content (AvgIpc) is 2.50. The fourth-order valence-electron chi connectivity index (χ4n) is 2.36. The first kappa shape index (κ1) is 16.5. The number of aromatic nitrogens is 1. The normalized spacial score (nSPS) is 11.5. The van der Waals surface area contributed by atoms with Crippen LogP contribution >= 0.6 is 0 Å². The molecule has 22 heavy (non-hydrogen) atoms. The van der Waals surface area contributed by atoms with Gasteiger partial charge < -0.3 is 4.74 Å². The van der Waals surface area contributed by atoms with Gasteiger partial charge in [0.05, 0.1) is 24.2 Å². The van der Waals surface area contributed by atoms with E-state index in [1.54, 1.807) is 38.4 Å². The highest BCUT2D eigenvalue weighted by atomic mass is 32.2. The third kappa shape index (κ3) is 3.28. The van der Waals surface area contributed by atoms with Gasteiger partial charge in [0.2, 0.25) is 10.0 Å². The molecular formula is C16H20N2O3S. The van der Waals surface area contributed by atoms with Gasteiger partial charge in [-0.3, -0.25) is 4.98 Å². The second-order valence-electron chi connectivity index (χ2n) is 5.12. The van der Waals surface area contributed by atoms with Crippen LogP contribution in [-0.4, -0.2) is 20.5 Å². The molecular weight excluding hydrogens is 300 g/mol. The number of ether oxygens (including phenoxy) is 1. The molecule has 0 aliphatic carbocycles. The summed E-state index contributed by atoms with van der Waals surface area (Å²) in [6.07, 6.45) is 1.64. The fourth-order valence-corrected chi connectivity index (χ4v) is 3.75. The number of nitrogens with zero attached hydrogens (tertiary/aromatic N) is 1. The van der Waals surface area contributed by atoms with Gasteiger partial charge in [-0.05, 0) is 55.7 Å². The summed E-state index contributed by atoms with van der Waals surface area (Å²) in [6.45, 7) is 5.64. The highest BCUT2D eigenvalue weighted by Crippen LogP contribution is 2.30. The molecule has 0 unspecified atom stereocenters. The minimum atomic E-state index is -3.60. The third-order valence-electron chi connectivity index (χ3n) is 3.64. The van der Waals surface area contributed by atoms with Crippen LogP contribution in [0.5, 0.6) is 5.75 Å². The second kappa shape index (κ2) is 6.46. The predicted octanol–water partition coefficient (Wildman–Crippen LogP) is 2.49. The van der Waals surface area contributed by atoms with E-state index in [0.717, 1.165) is 16.9 Å². The Balaban J connectivity index is 2.34. The summed E-state index contributed by atoms with van der Waals surface area (Å²) in [5.74, 6) is 0.723. The Morgan fingerprint density at radius 1 is 1.18 bits per heavy atom. The van der Waals surface area contributed by atoms with Crippen molar-refractivity contribution in [2.24, 2.45) is 0 Å². The predicted molar refractivity (Wildman–Crippen MR) is 85.5 cm³/mol. The first-order valence-electron chi connectivity index (χ1n) is 6.91. The molecule has 5 nitrogen and oxygen atoms in total. The van der Waals surface area contributed by atoms with Gasteiger partial charge in [0.1, 0.15) is 5.75 Å². The number of benzene rings is 1. The van der Waals surface area contributed by atoms with Gasteiger partial charge in [0.15, 0.2) is 0 Å². The van der Waals surface area contributed by atoms with Crippen molar-refractivity contribution in [1.29, 1.82) is 0 Å². The number of hydrogen-bond donors (Lipinski definition) is 1. The molecule has 1 aromatic carbocycles. The number of aryl methyl sites for hydroxylation is 1. The molecule has 0 spiro atoms. The molecule has 1 heterocycles. The van der Waals surface area contributed by atoms with E-state index in [0.29, 0.717) is 11.3 Å². The molecule has 0 fully saturated rings. The van der Waals surface area contributed by atoms with Crippen LogP contribution in [0.25, 0.3) is 0 Å². The van der Waals surface area contributed by atoms with E-state index in [4.69, 9.17) is 4.74 Å². The van der Waals surface area contributed by atoms with E-state index in [9.17, 15) is 8.42 Å². The molecule has 1 N–H and O–H groups in total. The molecule has 1 aromatic heterocycles. The number of hydrogen-bond acceptors (Lipinski definition) is 4. The molecule has 0 aliphatic heterocycles. The standard InChI is InChI=1S/C16H20N2O3S/c1-11-9-15(12(2)13(3)16(11)21-4)22(19,20)18-10-14-7-5-6-8-17-14/h5-9,18H,10H2,1-4H3. The first-order valence-corrected chi connectivity index (χ1v) is 8.39. The smallest absolute Gasteiger partial charge is 0.241 e. The molecule has 0 radical (unpaired) electrons. The Hall–Kier alpha value is -1.92. The second-order valence-corrected chi connectivity index (χ2v) is 6.86. The van der Waals surface area contributed by atoms with Crippen LogP contribution in [0.4, 0.5) is 0 Å². The van der Waals surface area contributed by atoms with Gasteiger partial charge >= 0.3 is 0 Å². The van der Waals surface area contributed by atoms with Gasteiger partial charge in [-0.1, -0.05) is 6.07 Å². The average molecular weight is 320 g/mol. The molecule has 0 bridgehead atoms. The zero-order chi connectivity index (χ0) is 16.3. The quantitative estimate of drug-likeness (QED) is 0.919. The lowest BCUT2D eigenvalue weighted by molar-refractivity contribution is 0.407. The largest absolute Gasteiger partial charge is 0.496 e. The summed E-state index contributed by atoms with van der Waals surface area (Å²) in [7, 11) is -2.02. The Bertz CT molecular complexity index is 772. The number of methoxy groups -OCH3 is 1. The third-order valence-corrected chi connectivity index (χ3v) is 5.17. The van der Waals surface area contributed by atoms with E-state index < -0.39 is 10.0 Å². The van der Waals surface area contributed by atoms with Crippen molar-refractivity contribution in [3.63, 3.8) is 0 Å². The van der Waals surface area contributed by atoms with Crippen LogP contribution in [0.2, 0.25) is 0 Å². The van der Waals surface area contributed by atoms with Crippen molar-refractivity contribution in [2.45, 2.75) is 32.2 Å². The highest BCUT2D eigenvalue weighted by molar-refractivity contribution is 7.89. The van der Waals surface area contributed by atoms with Gasteiger partial charge in [-0.15, -0.1) is 0 Å². The summed E-state index contributed by atoms with van der Waals surface area (Å²) in [5.41, 5.74) is 2.99. The summed E-state index contributed by atoms with van der Waals surface area (Å²) >= 11 is 0. The van der Waals surface area contributed by atoms with Crippen molar-refractivity contribution >= 4 is 10.0 Å². The zero-order valence-corrected chi connectivity index (χ0v) is 14.0. The number of sulfonamides is 1. The molecule has 0 aliphatic rings. The maximum absolute atomic E-state index is 12.6. The Morgan fingerprint density at radius 3 is 2.50 bits per heavy atom. The van der Waals surface area contributed by atoms with Crippen molar-refractivity contribution in [3.05, 3.63) is 52.8 Å².